The molecular formula is C54H105N2O6P. The number of carbonyl (C=O) groups excluding carboxylic acids is 1. The largest absolute Gasteiger partial charge is 0.756 e. The number of nitrogens with one attached hydrogen (secondary N) is 1. The number of hydrogen-bond acceptors (Lipinski definition) is 6. The molecule has 0 aliphatic heterocycles. The van der Waals surface area contributed by atoms with E-state index in [0.29, 0.717) is 23.9 Å². The smallest absolute Gasteiger partial charge is 0.268 e. The van der Waals surface area contributed by atoms with Crippen molar-refractivity contribution in [1.82, 2.24) is 5.32 Å². The third-order valence-electron chi connectivity index (χ3n) is 12.1. The Kier molecular flexibility index (Phi) is 44.9. The third-order valence-corrected chi connectivity index (χ3v) is 13.1. The Morgan fingerprint density at radius 3 is 1.33 bits per heavy atom. The van der Waals surface area contributed by atoms with Gasteiger partial charge in [-0.1, -0.05) is 230 Å². The number of aliphatic hydroxyl groups excluding tert-OH is 1. The summed E-state index contributed by atoms with van der Waals surface area (Å²) in [6, 6.07) is -0.801. The van der Waals surface area contributed by atoms with E-state index in [2.05, 4.69) is 55.6 Å². The van der Waals surface area contributed by atoms with Crippen LogP contribution in [0.2, 0.25) is 0 Å². The molecule has 0 bridgehead atoms. The molecule has 0 fully saturated rings. The molecule has 0 aromatic rings. The predicted octanol–water partition coefficient (Wildman–Crippen LogP) is 15.2. The van der Waals surface area contributed by atoms with E-state index in [4.69, 9.17) is 9.05 Å². The highest BCUT2D eigenvalue weighted by molar-refractivity contribution is 7.45. The van der Waals surface area contributed by atoms with Crippen molar-refractivity contribution in [2.75, 3.05) is 40.9 Å². The quantitative estimate of drug-likeness (QED) is 0.0272. The molecule has 0 spiro atoms. The lowest BCUT2D eigenvalue weighted by Crippen LogP contribution is -2.46. The van der Waals surface area contributed by atoms with Crippen LogP contribution in [0.4, 0.5) is 0 Å². The number of likely N-dealkylation sites (N-methyl/N-ethyl adjacent to an activating group) is 1. The molecule has 63 heavy (non-hydrogen) atoms. The van der Waals surface area contributed by atoms with E-state index in [1.165, 1.54) is 173 Å². The molecule has 372 valence electrons. The first kappa shape index (κ1) is 61.7. The Balaban J connectivity index is 4.15. The number of nitrogens with zero attached hydrogens (tertiary/aromatic N) is 1. The molecule has 8 nitrogen and oxygen atoms in total. The lowest BCUT2D eigenvalue weighted by Gasteiger charge is -2.30. The van der Waals surface area contributed by atoms with Crippen LogP contribution in [0.25, 0.3) is 0 Å². The molecule has 0 saturated carbocycles. The van der Waals surface area contributed by atoms with Crippen molar-refractivity contribution in [3.8, 4) is 0 Å². The van der Waals surface area contributed by atoms with Crippen molar-refractivity contribution < 1.29 is 32.9 Å². The van der Waals surface area contributed by atoms with Gasteiger partial charge in [0, 0.05) is 6.42 Å². The van der Waals surface area contributed by atoms with Crippen molar-refractivity contribution in [3.05, 3.63) is 36.5 Å². The highest BCUT2D eigenvalue weighted by Gasteiger charge is 2.24. The number of quaternary nitrogens is 1. The maximum absolute atomic E-state index is 12.9. The van der Waals surface area contributed by atoms with Gasteiger partial charge in [-0.25, -0.2) is 0 Å². The van der Waals surface area contributed by atoms with Gasteiger partial charge in [-0.15, -0.1) is 0 Å². The van der Waals surface area contributed by atoms with Gasteiger partial charge in [-0.05, 0) is 51.4 Å². The van der Waals surface area contributed by atoms with E-state index in [-0.39, 0.29) is 19.1 Å². The molecule has 2 N–H and O–H groups in total. The van der Waals surface area contributed by atoms with Crippen LogP contribution in [-0.4, -0.2) is 68.5 Å². The summed E-state index contributed by atoms with van der Waals surface area (Å²) in [5, 5.41) is 14.0. The van der Waals surface area contributed by atoms with E-state index in [0.717, 1.165) is 51.4 Å². The van der Waals surface area contributed by atoms with Gasteiger partial charge in [-0.2, -0.15) is 0 Å². The number of phosphoric acid groups is 1. The number of rotatable bonds is 49. The lowest BCUT2D eigenvalue weighted by atomic mass is 10.0. The molecule has 0 aliphatic rings. The summed E-state index contributed by atoms with van der Waals surface area (Å²) < 4.78 is 23.4. The molecule has 0 aromatic carbocycles. The molecule has 0 aromatic heterocycles. The standard InChI is InChI=1S/C54H105N2O6P/c1-6-8-10-12-14-16-18-20-22-23-24-25-26-27-28-29-30-31-32-33-34-36-38-40-42-44-46-48-54(58)55-52(51-62-63(59,60)61-50-49-56(3,4)5)53(57)47-45-43-41-39-37-35-21-19-17-15-13-11-9-7-2/h18,20,23-24,26-27,52-53,57H,6-17,19,21-22,25,28-51H2,1-5H3,(H-,55,58,59,60)/b20-18-,24-23-,27-26-. The van der Waals surface area contributed by atoms with Crippen molar-refractivity contribution in [1.29, 1.82) is 0 Å². The number of amides is 1. The molecule has 0 rings (SSSR count). The molecule has 0 aliphatic carbocycles. The topological polar surface area (TPSA) is 108 Å². The monoisotopic (exact) mass is 909 g/mol. The van der Waals surface area contributed by atoms with Gasteiger partial charge >= 0.3 is 0 Å². The number of unbranched alkanes of at least 4 members (excludes halogenated alkanes) is 30. The fourth-order valence-electron chi connectivity index (χ4n) is 7.87. The summed E-state index contributed by atoms with van der Waals surface area (Å²) in [7, 11) is 1.31. The number of carbonyl (C=O) groups is 1. The van der Waals surface area contributed by atoms with Crippen molar-refractivity contribution in [2.24, 2.45) is 0 Å². The number of phosphoric ester groups is 1. The van der Waals surface area contributed by atoms with Crippen molar-refractivity contribution in [2.45, 2.75) is 264 Å². The zero-order valence-electron chi connectivity index (χ0n) is 42.3. The number of allylic oxidation sites excluding steroid dienone is 6. The van der Waals surface area contributed by atoms with E-state index >= 15 is 0 Å². The summed E-state index contributed by atoms with van der Waals surface area (Å²) >= 11 is 0. The molecule has 0 heterocycles. The average Bonchev–Trinajstić information content (AvgIpc) is 3.24. The van der Waals surface area contributed by atoms with Gasteiger partial charge in [0.05, 0.1) is 39.9 Å². The Morgan fingerprint density at radius 1 is 0.556 bits per heavy atom. The zero-order chi connectivity index (χ0) is 46.4. The van der Waals surface area contributed by atoms with E-state index in [9.17, 15) is 19.4 Å². The SMILES string of the molecule is CCCCCCC/C=C\C/C=C\C/C=C\CCCCCCCCCCCCCCC(=O)NC(COP(=O)([O-])OCC[N+](C)(C)C)C(O)CCCCCCCCCCCCCCCC. The molecule has 9 heteroatoms. The minimum absolute atomic E-state index is 0.0120. The third kappa shape index (κ3) is 48.5. The highest BCUT2D eigenvalue weighted by atomic mass is 31.2. The summed E-state index contributed by atoms with van der Waals surface area (Å²) in [4.78, 5) is 25.4. The number of hydrogen-bond donors (Lipinski definition) is 2. The molecule has 0 saturated heterocycles. The van der Waals surface area contributed by atoms with Crippen LogP contribution in [0.5, 0.6) is 0 Å². The normalized spacial score (nSPS) is 14.3. The summed E-state index contributed by atoms with van der Waals surface area (Å²) in [5.74, 6) is -0.166. The molecule has 3 atom stereocenters. The zero-order valence-corrected chi connectivity index (χ0v) is 43.2. The minimum Gasteiger partial charge on any atom is -0.756 e. The maximum Gasteiger partial charge on any atom is 0.268 e. The maximum atomic E-state index is 12.9. The van der Waals surface area contributed by atoms with Gasteiger partial charge in [-0.3, -0.25) is 9.36 Å². The fourth-order valence-corrected chi connectivity index (χ4v) is 8.59. The first-order valence-electron chi connectivity index (χ1n) is 26.8. The van der Waals surface area contributed by atoms with Gasteiger partial charge in [0.2, 0.25) is 5.91 Å². The molecule has 3 unspecified atom stereocenters. The molecule has 1 amide bonds. The van der Waals surface area contributed by atoms with Gasteiger partial charge in [0.25, 0.3) is 7.82 Å². The second kappa shape index (κ2) is 45.9. The van der Waals surface area contributed by atoms with Crippen LogP contribution < -0.4 is 10.2 Å². The molecular weight excluding hydrogens is 804 g/mol. The van der Waals surface area contributed by atoms with Crippen LogP contribution in [0, 0.1) is 0 Å². The Labute approximate surface area is 391 Å². The Morgan fingerprint density at radius 2 is 0.921 bits per heavy atom. The van der Waals surface area contributed by atoms with Crippen LogP contribution >= 0.6 is 7.82 Å². The second-order valence-electron chi connectivity index (χ2n) is 19.6. The van der Waals surface area contributed by atoms with Crippen LogP contribution in [0.3, 0.4) is 0 Å². The average molecular weight is 909 g/mol. The van der Waals surface area contributed by atoms with Crippen LogP contribution in [0.15, 0.2) is 36.5 Å². The van der Waals surface area contributed by atoms with Gasteiger partial charge in [0.1, 0.15) is 13.2 Å². The lowest BCUT2D eigenvalue weighted by molar-refractivity contribution is -0.870. The highest BCUT2D eigenvalue weighted by Crippen LogP contribution is 2.38. The number of aliphatic hydroxyl groups is 1. The summed E-state index contributed by atoms with van der Waals surface area (Å²) in [6.07, 6.45) is 57.3. The van der Waals surface area contributed by atoms with Crippen molar-refractivity contribution >= 4 is 13.7 Å². The minimum atomic E-state index is -4.57. The predicted molar refractivity (Wildman–Crippen MR) is 270 cm³/mol. The fraction of sp³-hybridized carbons (Fsp3) is 0.870. The van der Waals surface area contributed by atoms with Crippen molar-refractivity contribution in [3.63, 3.8) is 0 Å². The van der Waals surface area contributed by atoms with Crippen LogP contribution in [-0.2, 0) is 18.4 Å². The van der Waals surface area contributed by atoms with Gasteiger partial charge in [0.15, 0.2) is 0 Å². The Bertz CT molecular complexity index is 1120. The molecule has 0 radical (unpaired) electrons. The first-order chi connectivity index (χ1) is 30.5. The van der Waals surface area contributed by atoms with E-state index < -0.39 is 20.0 Å². The summed E-state index contributed by atoms with van der Waals surface area (Å²) in [6.45, 7) is 4.72. The van der Waals surface area contributed by atoms with Crippen LogP contribution in [0.1, 0.15) is 251 Å². The second-order valence-corrected chi connectivity index (χ2v) is 21.0. The van der Waals surface area contributed by atoms with Gasteiger partial charge < -0.3 is 28.8 Å². The van der Waals surface area contributed by atoms with E-state index in [1.807, 2.05) is 21.1 Å². The Hall–Kier alpha value is -1.28. The summed E-state index contributed by atoms with van der Waals surface area (Å²) in [5.41, 5.74) is 0. The van der Waals surface area contributed by atoms with E-state index in [1.54, 1.807) is 0 Å². The first-order valence-corrected chi connectivity index (χ1v) is 28.3.